The van der Waals surface area contributed by atoms with Crippen molar-refractivity contribution in [2.75, 3.05) is 5.73 Å². The smallest absolute Gasteiger partial charge is 0.130 e. The van der Waals surface area contributed by atoms with Crippen molar-refractivity contribution in [2.24, 2.45) is 0 Å². The fraction of sp³-hybridized carbons (Fsp3) is 0.200. The van der Waals surface area contributed by atoms with E-state index >= 15 is 0 Å². The number of nitrogens with two attached hydrogens (primary N) is 1. The van der Waals surface area contributed by atoms with Crippen molar-refractivity contribution in [3.05, 3.63) is 28.9 Å². The Balaban J connectivity index is 2.64. The molecule has 2 aromatic rings. The Morgan fingerprint density at radius 2 is 2.07 bits per heavy atom. The minimum atomic E-state index is 0.570. The molecule has 2 rings (SSSR count). The summed E-state index contributed by atoms with van der Waals surface area (Å²) in [6.45, 7) is 3.80. The summed E-state index contributed by atoms with van der Waals surface area (Å²) in [6, 6.07) is 4.05. The molecule has 0 atom stereocenters. The minimum Gasteiger partial charge on any atom is -0.383 e. The van der Waals surface area contributed by atoms with Crippen LogP contribution in [0.5, 0.6) is 0 Å². The summed E-state index contributed by atoms with van der Waals surface area (Å²) >= 11 is 1.66. The first-order valence-corrected chi connectivity index (χ1v) is 5.21. The first-order chi connectivity index (χ1) is 6.68. The van der Waals surface area contributed by atoms with E-state index in [4.69, 9.17) is 5.73 Å². The number of hydrogen-bond acceptors (Lipinski definition) is 4. The molecule has 0 saturated heterocycles. The molecule has 3 nitrogen and oxygen atoms in total. The maximum Gasteiger partial charge on any atom is 0.130 e. The van der Waals surface area contributed by atoms with Gasteiger partial charge < -0.3 is 5.73 Å². The highest BCUT2D eigenvalue weighted by molar-refractivity contribution is 7.13. The molecule has 0 saturated carbocycles. The van der Waals surface area contributed by atoms with Gasteiger partial charge in [0.2, 0.25) is 0 Å². The lowest BCUT2D eigenvalue weighted by Gasteiger charge is -2.05. The Kier molecular flexibility index (Phi) is 2.21. The molecule has 2 heterocycles. The Hall–Kier alpha value is -1.42. The highest BCUT2D eigenvalue weighted by atomic mass is 32.1. The quantitative estimate of drug-likeness (QED) is 0.777. The maximum absolute atomic E-state index is 5.78. The number of anilines is 1. The molecular weight excluding hydrogens is 194 g/mol. The first-order valence-electron chi connectivity index (χ1n) is 4.33. The highest BCUT2D eigenvalue weighted by Crippen LogP contribution is 2.27. The van der Waals surface area contributed by atoms with Gasteiger partial charge in [0, 0.05) is 5.56 Å². The van der Waals surface area contributed by atoms with E-state index in [1.54, 1.807) is 11.3 Å². The first kappa shape index (κ1) is 9.15. The van der Waals surface area contributed by atoms with Crippen LogP contribution in [0.4, 0.5) is 5.82 Å². The Labute approximate surface area is 86.6 Å². The third-order valence-corrected chi connectivity index (χ3v) is 2.93. The molecule has 2 N–H and O–H groups in total. The molecule has 14 heavy (non-hydrogen) atoms. The largest absolute Gasteiger partial charge is 0.383 e. The zero-order chi connectivity index (χ0) is 10.1. The van der Waals surface area contributed by atoms with Gasteiger partial charge in [-0.25, -0.2) is 9.97 Å². The van der Waals surface area contributed by atoms with Crippen LogP contribution in [-0.4, -0.2) is 9.97 Å². The zero-order valence-electron chi connectivity index (χ0n) is 8.11. The van der Waals surface area contributed by atoms with Gasteiger partial charge in [-0.15, -0.1) is 11.3 Å². The lowest BCUT2D eigenvalue weighted by Crippen LogP contribution is -2.01. The van der Waals surface area contributed by atoms with Crippen molar-refractivity contribution < 1.29 is 0 Å². The molecule has 0 aromatic carbocycles. The van der Waals surface area contributed by atoms with Crippen LogP contribution in [-0.2, 0) is 0 Å². The van der Waals surface area contributed by atoms with Gasteiger partial charge in [-0.1, -0.05) is 6.07 Å². The second-order valence-electron chi connectivity index (χ2n) is 3.11. The number of thiophene rings is 1. The molecule has 0 aliphatic rings. The number of aryl methyl sites for hydroxylation is 1. The fourth-order valence-electron chi connectivity index (χ4n) is 1.30. The van der Waals surface area contributed by atoms with Gasteiger partial charge in [0.25, 0.3) is 0 Å². The van der Waals surface area contributed by atoms with Crippen molar-refractivity contribution in [2.45, 2.75) is 13.8 Å². The second kappa shape index (κ2) is 3.38. The van der Waals surface area contributed by atoms with E-state index < -0.39 is 0 Å². The fourth-order valence-corrected chi connectivity index (χ4v) is 2.07. The standard InChI is InChI=1S/C10H11N3S/c1-6-9(8-4-3-5-14-8)12-7(2)13-10(6)11/h3-5H,1-2H3,(H2,11,12,13). The van der Waals surface area contributed by atoms with Gasteiger partial charge in [0.15, 0.2) is 0 Å². The van der Waals surface area contributed by atoms with Crippen molar-refractivity contribution >= 4 is 17.2 Å². The summed E-state index contributed by atoms with van der Waals surface area (Å²) in [5, 5.41) is 2.03. The summed E-state index contributed by atoms with van der Waals surface area (Å²) in [7, 11) is 0. The molecule has 0 aliphatic heterocycles. The Morgan fingerprint density at radius 3 is 2.71 bits per heavy atom. The number of nitrogens with zero attached hydrogens (tertiary/aromatic N) is 2. The molecule has 0 spiro atoms. The molecule has 0 aliphatic carbocycles. The average molecular weight is 205 g/mol. The van der Waals surface area contributed by atoms with E-state index in [1.165, 1.54) is 0 Å². The summed E-state index contributed by atoms with van der Waals surface area (Å²) in [5.41, 5.74) is 7.69. The van der Waals surface area contributed by atoms with Crippen LogP contribution in [0.25, 0.3) is 10.6 Å². The van der Waals surface area contributed by atoms with Gasteiger partial charge in [-0.05, 0) is 25.3 Å². The van der Waals surface area contributed by atoms with E-state index in [0.717, 1.165) is 22.0 Å². The summed E-state index contributed by atoms with van der Waals surface area (Å²) in [5.74, 6) is 1.29. The molecule has 0 amide bonds. The topological polar surface area (TPSA) is 51.8 Å². The van der Waals surface area contributed by atoms with Gasteiger partial charge in [-0.2, -0.15) is 0 Å². The van der Waals surface area contributed by atoms with Crippen molar-refractivity contribution in [1.29, 1.82) is 0 Å². The Morgan fingerprint density at radius 1 is 1.29 bits per heavy atom. The van der Waals surface area contributed by atoms with Crippen molar-refractivity contribution in [1.82, 2.24) is 9.97 Å². The predicted molar refractivity (Wildman–Crippen MR) is 59.2 cm³/mol. The van der Waals surface area contributed by atoms with Gasteiger partial charge in [0.05, 0.1) is 10.6 Å². The zero-order valence-corrected chi connectivity index (χ0v) is 8.93. The molecule has 4 heteroatoms. The van der Waals surface area contributed by atoms with Crippen LogP contribution in [0.2, 0.25) is 0 Å². The third-order valence-electron chi connectivity index (χ3n) is 2.05. The van der Waals surface area contributed by atoms with Gasteiger partial charge in [0.1, 0.15) is 11.6 Å². The SMILES string of the molecule is Cc1nc(N)c(C)c(-c2cccs2)n1. The third kappa shape index (κ3) is 1.48. The second-order valence-corrected chi connectivity index (χ2v) is 4.05. The van der Waals surface area contributed by atoms with Crippen molar-refractivity contribution in [3.8, 4) is 10.6 Å². The van der Waals surface area contributed by atoms with Crippen LogP contribution in [0.1, 0.15) is 11.4 Å². The molecule has 0 bridgehead atoms. The lowest BCUT2D eigenvalue weighted by atomic mass is 10.2. The summed E-state index contributed by atoms with van der Waals surface area (Å²) < 4.78 is 0. The van der Waals surface area contributed by atoms with E-state index in [9.17, 15) is 0 Å². The molecule has 2 aromatic heterocycles. The lowest BCUT2D eigenvalue weighted by molar-refractivity contribution is 1.05. The van der Waals surface area contributed by atoms with Crippen molar-refractivity contribution in [3.63, 3.8) is 0 Å². The molecule has 72 valence electrons. The van der Waals surface area contributed by atoms with Crippen LogP contribution >= 0.6 is 11.3 Å². The van der Waals surface area contributed by atoms with Gasteiger partial charge >= 0.3 is 0 Å². The van der Waals surface area contributed by atoms with Crippen LogP contribution < -0.4 is 5.73 Å². The number of hydrogen-bond donors (Lipinski definition) is 1. The van der Waals surface area contributed by atoms with E-state index in [2.05, 4.69) is 9.97 Å². The predicted octanol–water partition coefficient (Wildman–Crippen LogP) is 2.40. The average Bonchev–Trinajstić information content (AvgIpc) is 2.63. The summed E-state index contributed by atoms with van der Waals surface area (Å²) in [4.78, 5) is 9.65. The van der Waals surface area contributed by atoms with Crippen LogP contribution in [0, 0.1) is 13.8 Å². The molecule has 0 unspecified atom stereocenters. The highest BCUT2D eigenvalue weighted by Gasteiger charge is 2.08. The molecular formula is C10H11N3S. The van der Waals surface area contributed by atoms with E-state index in [0.29, 0.717) is 5.82 Å². The number of aromatic nitrogens is 2. The number of rotatable bonds is 1. The van der Waals surface area contributed by atoms with Gasteiger partial charge in [-0.3, -0.25) is 0 Å². The van der Waals surface area contributed by atoms with Crippen LogP contribution in [0.15, 0.2) is 17.5 Å². The van der Waals surface area contributed by atoms with Crippen LogP contribution in [0.3, 0.4) is 0 Å². The Bertz CT molecular complexity index is 449. The molecule has 0 radical (unpaired) electrons. The van der Waals surface area contributed by atoms with E-state index in [-0.39, 0.29) is 0 Å². The van der Waals surface area contributed by atoms with E-state index in [1.807, 2.05) is 31.4 Å². The maximum atomic E-state index is 5.78. The molecule has 0 fully saturated rings. The number of nitrogen functional groups attached to an aromatic ring is 1. The minimum absolute atomic E-state index is 0.570. The summed E-state index contributed by atoms with van der Waals surface area (Å²) in [6.07, 6.45) is 0. The normalized spacial score (nSPS) is 10.4. The monoisotopic (exact) mass is 205 g/mol.